The number of hydrogen-bond acceptors (Lipinski definition) is 4. The van der Waals surface area contributed by atoms with Gasteiger partial charge in [-0.2, -0.15) is 0 Å². The van der Waals surface area contributed by atoms with Crippen molar-refractivity contribution in [3.63, 3.8) is 0 Å². The summed E-state index contributed by atoms with van der Waals surface area (Å²) in [6, 6.07) is 5.68. The van der Waals surface area contributed by atoms with Crippen molar-refractivity contribution in [2.24, 2.45) is 0 Å². The Morgan fingerprint density at radius 3 is 2.88 bits per heavy atom. The van der Waals surface area contributed by atoms with E-state index in [1.54, 1.807) is 6.08 Å². The molecule has 17 heavy (non-hydrogen) atoms. The fourth-order valence-corrected chi connectivity index (χ4v) is 1.54. The highest BCUT2D eigenvalue weighted by atomic mass is 16.6. The van der Waals surface area contributed by atoms with Crippen LogP contribution in [0.25, 0.3) is 6.08 Å². The standard InChI is InChI=1S/C13H14O4/c1-15-13(14)4-2-3-10-5-6-11-12(9-10)17-8-7-16-11/h2-3,5-6,9H,4,7-8H2,1H3. The first-order chi connectivity index (χ1) is 8.29. The van der Waals surface area contributed by atoms with Gasteiger partial charge in [0.05, 0.1) is 13.5 Å². The zero-order valence-electron chi connectivity index (χ0n) is 9.64. The molecule has 0 aromatic heterocycles. The molecule has 1 heterocycles. The second kappa shape index (κ2) is 5.39. The summed E-state index contributed by atoms with van der Waals surface area (Å²) in [6.45, 7) is 1.16. The molecule has 0 saturated heterocycles. The first-order valence-electron chi connectivity index (χ1n) is 5.42. The molecule has 0 fully saturated rings. The van der Waals surface area contributed by atoms with Gasteiger partial charge >= 0.3 is 5.97 Å². The molecule has 0 amide bonds. The van der Waals surface area contributed by atoms with Gasteiger partial charge in [-0.3, -0.25) is 4.79 Å². The molecule has 0 saturated carbocycles. The lowest BCUT2D eigenvalue weighted by atomic mass is 10.1. The van der Waals surface area contributed by atoms with E-state index >= 15 is 0 Å². The number of carbonyl (C=O) groups excluding carboxylic acids is 1. The van der Waals surface area contributed by atoms with E-state index in [1.165, 1.54) is 7.11 Å². The molecule has 1 aliphatic rings. The van der Waals surface area contributed by atoms with Crippen molar-refractivity contribution < 1.29 is 19.0 Å². The van der Waals surface area contributed by atoms with E-state index in [9.17, 15) is 4.79 Å². The maximum atomic E-state index is 10.9. The molecule has 0 unspecified atom stereocenters. The minimum atomic E-state index is -0.251. The summed E-state index contributed by atoms with van der Waals surface area (Å²) in [5, 5.41) is 0. The highest BCUT2D eigenvalue weighted by molar-refractivity contribution is 5.72. The maximum Gasteiger partial charge on any atom is 0.309 e. The van der Waals surface area contributed by atoms with Crippen LogP contribution in [0.4, 0.5) is 0 Å². The number of fused-ring (bicyclic) bond motifs is 1. The van der Waals surface area contributed by atoms with Crippen LogP contribution in [-0.4, -0.2) is 26.3 Å². The van der Waals surface area contributed by atoms with Crippen LogP contribution < -0.4 is 9.47 Å². The summed E-state index contributed by atoms with van der Waals surface area (Å²) in [4.78, 5) is 10.9. The highest BCUT2D eigenvalue weighted by Crippen LogP contribution is 2.31. The molecule has 0 radical (unpaired) electrons. The Hall–Kier alpha value is -1.97. The zero-order valence-corrected chi connectivity index (χ0v) is 9.64. The van der Waals surface area contributed by atoms with Crippen LogP contribution in [0.5, 0.6) is 11.5 Å². The Labute approximate surface area is 99.8 Å². The monoisotopic (exact) mass is 234 g/mol. The van der Waals surface area contributed by atoms with Gasteiger partial charge in [-0.05, 0) is 17.7 Å². The predicted molar refractivity (Wildman–Crippen MR) is 63.1 cm³/mol. The van der Waals surface area contributed by atoms with Crippen molar-refractivity contribution in [3.05, 3.63) is 29.8 Å². The molecule has 0 spiro atoms. The van der Waals surface area contributed by atoms with E-state index in [1.807, 2.05) is 24.3 Å². The summed E-state index contributed by atoms with van der Waals surface area (Å²) in [6.07, 6.45) is 3.89. The fourth-order valence-electron chi connectivity index (χ4n) is 1.54. The third kappa shape index (κ3) is 3.00. The van der Waals surface area contributed by atoms with Gasteiger partial charge in [-0.25, -0.2) is 0 Å². The smallest absolute Gasteiger partial charge is 0.309 e. The molecular formula is C13H14O4. The minimum Gasteiger partial charge on any atom is -0.486 e. The molecule has 0 aliphatic carbocycles. The molecular weight excluding hydrogens is 220 g/mol. The average molecular weight is 234 g/mol. The van der Waals surface area contributed by atoms with Crippen molar-refractivity contribution in [2.75, 3.05) is 20.3 Å². The number of methoxy groups -OCH3 is 1. The minimum absolute atomic E-state index is 0.251. The van der Waals surface area contributed by atoms with Gasteiger partial charge < -0.3 is 14.2 Å². The Balaban J connectivity index is 2.04. The molecule has 0 N–H and O–H groups in total. The second-order valence-electron chi connectivity index (χ2n) is 3.59. The maximum absolute atomic E-state index is 10.9. The number of ether oxygens (including phenoxy) is 3. The lowest BCUT2D eigenvalue weighted by molar-refractivity contribution is -0.139. The van der Waals surface area contributed by atoms with Gasteiger partial charge in [0, 0.05) is 0 Å². The zero-order chi connectivity index (χ0) is 12.1. The number of rotatable bonds is 3. The Morgan fingerprint density at radius 2 is 2.12 bits per heavy atom. The summed E-state index contributed by atoms with van der Waals surface area (Å²) < 4.78 is 15.4. The number of esters is 1. The summed E-state index contributed by atoms with van der Waals surface area (Å²) in [7, 11) is 1.38. The molecule has 0 bridgehead atoms. The molecule has 1 aromatic carbocycles. The Bertz CT molecular complexity index is 437. The molecule has 1 aliphatic heterocycles. The fraction of sp³-hybridized carbons (Fsp3) is 0.308. The Morgan fingerprint density at radius 1 is 1.35 bits per heavy atom. The molecule has 90 valence electrons. The largest absolute Gasteiger partial charge is 0.486 e. The molecule has 4 nitrogen and oxygen atoms in total. The van der Waals surface area contributed by atoms with Gasteiger partial charge in [0.25, 0.3) is 0 Å². The molecule has 0 atom stereocenters. The van der Waals surface area contributed by atoms with Crippen molar-refractivity contribution in [3.8, 4) is 11.5 Å². The SMILES string of the molecule is COC(=O)CC=Cc1ccc2c(c1)OCCO2. The van der Waals surface area contributed by atoms with Gasteiger partial charge in [0.1, 0.15) is 13.2 Å². The lowest BCUT2D eigenvalue weighted by Gasteiger charge is -2.18. The lowest BCUT2D eigenvalue weighted by Crippen LogP contribution is -2.15. The second-order valence-corrected chi connectivity index (χ2v) is 3.59. The van der Waals surface area contributed by atoms with Crippen molar-refractivity contribution >= 4 is 12.0 Å². The topological polar surface area (TPSA) is 44.8 Å². The quantitative estimate of drug-likeness (QED) is 0.751. The van der Waals surface area contributed by atoms with Crippen LogP contribution in [0.15, 0.2) is 24.3 Å². The van der Waals surface area contributed by atoms with Crippen molar-refractivity contribution in [2.45, 2.75) is 6.42 Å². The van der Waals surface area contributed by atoms with Gasteiger partial charge in [-0.15, -0.1) is 0 Å². The predicted octanol–water partition coefficient (Wildman–Crippen LogP) is 2.03. The van der Waals surface area contributed by atoms with Crippen LogP contribution in [-0.2, 0) is 9.53 Å². The third-order valence-corrected chi connectivity index (χ3v) is 2.39. The molecule has 2 rings (SSSR count). The number of benzene rings is 1. The van der Waals surface area contributed by atoms with Crippen LogP contribution in [0.1, 0.15) is 12.0 Å². The van der Waals surface area contributed by atoms with Crippen molar-refractivity contribution in [1.82, 2.24) is 0 Å². The highest BCUT2D eigenvalue weighted by Gasteiger charge is 2.10. The van der Waals surface area contributed by atoms with E-state index in [-0.39, 0.29) is 12.4 Å². The van der Waals surface area contributed by atoms with Crippen LogP contribution in [0, 0.1) is 0 Å². The van der Waals surface area contributed by atoms with Crippen LogP contribution in [0.2, 0.25) is 0 Å². The van der Waals surface area contributed by atoms with Gasteiger partial charge in [-0.1, -0.05) is 18.2 Å². The van der Waals surface area contributed by atoms with Crippen molar-refractivity contribution in [1.29, 1.82) is 0 Å². The van der Waals surface area contributed by atoms with E-state index in [0.29, 0.717) is 13.2 Å². The van der Waals surface area contributed by atoms with E-state index < -0.39 is 0 Å². The first kappa shape index (κ1) is 11.5. The summed E-state index contributed by atoms with van der Waals surface area (Å²) in [5.41, 5.74) is 0.971. The van der Waals surface area contributed by atoms with Crippen LogP contribution >= 0.6 is 0 Å². The summed E-state index contributed by atoms with van der Waals surface area (Å²) >= 11 is 0. The van der Waals surface area contributed by atoms with E-state index in [0.717, 1.165) is 17.1 Å². The summed E-state index contributed by atoms with van der Waals surface area (Å²) in [5.74, 6) is 1.26. The molecule has 4 heteroatoms. The Kier molecular flexibility index (Phi) is 3.65. The third-order valence-electron chi connectivity index (χ3n) is 2.39. The van der Waals surface area contributed by atoms with Crippen LogP contribution in [0.3, 0.4) is 0 Å². The molecule has 1 aromatic rings. The van der Waals surface area contributed by atoms with E-state index in [4.69, 9.17) is 9.47 Å². The average Bonchev–Trinajstić information content (AvgIpc) is 2.38. The normalized spacial score (nSPS) is 13.7. The number of carbonyl (C=O) groups is 1. The number of hydrogen-bond donors (Lipinski definition) is 0. The first-order valence-corrected chi connectivity index (χ1v) is 5.42. The van der Waals surface area contributed by atoms with Gasteiger partial charge in [0.2, 0.25) is 0 Å². The van der Waals surface area contributed by atoms with Gasteiger partial charge in [0.15, 0.2) is 11.5 Å². The van der Waals surface area contributed by atoms with E-state index in [2.05, 4.69) is 4.74 Å².